The Kier molecular flexibility index (Phi) is 1.05. The van der Waals surface area contributed by atoms with Crippen molar-refractivity contribution in [1.82, 2.24) is 20.7 Å². The molecule has 1 aliphatic carbocycles. The minimum Gasteiger partial charge on any atom is -0.322 e. The highest BCUT2D eigenvalue weighted by Gasteiger charge is 2.25. The predicted octanol–water partition coefficient (Wildman–Crippen LogP) is -0.242. The summed E-state index contributed by atoms with van der Waals surface area (Å²) in [4.78, 5) is 11.1. The fraction of sp³-hybridized carbons (Fsp3) is 0.125. The van der Waals surface area contributed by atoms with Crippen LogP contribution in [0.15, 0.2) is 17.8 Å². The van der Waals surface area contributed by atoms with Crippen LogP contribution < -0.4 is 5.32 Å². The van der Waals surface area contributed by atoms with Gasteiger partial charge in [-0.3, -0.25) is 9.89 Å². The highest BCUT2D eigenvalue weighted by molar-refractivity contribution is 6.06. The highest BCUT2D eigenvalue weighted by atomic mass is 16.1. The van der Waals surface area contributed by atoms with Crippen LogP contribution in [0.3, 0.4) is 0 Å². The molecule has 0 saturated heterocycles. The predicted molar refractivity (Wildman–Crippen MR) is 44.3 cm³/mol. The van der Waals surface area contributed by atoms with E-state index in [1.807, 2.05) is 6.08 Å². The monoisotopic (exact) mass is 174 g/mol. The molecule has 0 fully saturated rings. The first-order chi connectivity index (χ1) is 6.34. The Morgan fingerprint density at radius 2 is 2.38 bits per heavy atom. The average Bonchev–Trinajstić information content (AvgIpc) is 2.65. The summed E-state index contributed by atoms with van der Waals surface area (Å²) in [5, 5.41) is 13.1. The fourth-order valence-electron chi connectivity index (χ4n) is 1.62. The Labute approximate surface area is 73.5 Å². The zero-order valence-corrected chi connectivity index (χ0v) is 6.66. The Bertz CT molecular complexity index is 454. The fourth-order valence-corrected chi connectivity index (χ4v) is 1.62. The van der Waals surface area contributed by atoms with Crippen LogP contribution in [0.25, 0.3) is 5.57 Å². The van der Waals surface area contributed by atoms with E-state index in [2.05, 4.69) is 20.7 Å². The minimum absolute atomic E-state index is 0.0799. The van der Waals surface area contributed by atoms with E-state index in [-0.39, 0.29) is 5.91 Å². The number of rotatable bonds is 0. The normalized spacial score (nSPS) is 18.6. The molecule has 5 nitrogen and oxygen atoms in total. The smallest absolute Gasteiger partial charge is 0.249 e. The quantitative estimate of drug-likeness (QED) is 0.570. The first kappa shape index (κ1) is 6.59. The zero-order chi connectivity index (χ0) is 8.84. The SMILES string of the molecule is O=C1C=C2C(=CCc3nn[nH]c32)N1. The maximum absolute atomic E-state index is 11.1. The number of aromatic nitrogens is 3. The number of H-pyrrole nitrogens is 1. The Morgan fingerprint density at radius 1 is 1.46 bits per heavy atom. The number of allylic oxidation sites excluding steroid dienone is 2. The van der Waals surface area contributed by atoms with Gasteiger partial charge in [-0.15, -0.1) is 5.10 Å². The maximum Gasteiger partial charge on any atom is 0.249 e. The summed E-state index contributed by atoms with van der Waals surface area (Å²) in [6.45, 7) is 0. The Hall–Kier alpha value is -1.91. The van der Waals surface area contributed by atoms with E-state index in [9.17, 15) is 4.79 Å². The third-order valence-electron chi connectivity index (χ3n) is 2.21. The molecule has 2 heterocycles. The van der Waals surface area contributed by atoms with Crippen molar-refractivity contribution in [3.63, 3.8) is 0 Å². The lowest BCUT2D eigenvalue weighted by molar-refractivity contribution is -0.115. The van der Waals surface area contributed by atoms with Crippen LogP contribution >= 0.6 is 0 Å². The second kappa shape index (κ2) is 2.07. The van der Waals surface area contributed by atoms with Gasteiger partial charge in [0.25, 0.3) is 0 Å². The summed E-state index contributed by atoms with van der Waals surface area (Å²) >= 11 is 0. The molecule has 0 aromatic carbocycles. The van der Waals surface area contributed by atoms with Crippen LogP contribution in [-0.2, 0) is 11.2 Å². The molecule has 64 valence electrons. The van der Waals surface area contributed by atoms with Crippen LogP contribution in [0.4, 0.5) is 0 Å². The number of aromatic amines is 1. The van der Waals surface area contributed by atoms with Crippen LogP contribution in [0.1, 0.15) is 11.4 Å². The number of carbonyl (C=O) groups excluding carboxylic acids is 1. The largest absolute Gasteiger partial charge is 0.322 e. The minimum atomic E-state index is -0.0799. The average molecular weight is 174 g/mol. The van der Waals surface area contributed by atoms with E-state index < -0.39 is 0 Å². The van der Waals surface area contributed by atoms with Gasteiger partial charge < -0.3 is 5.32 Å². The summed E-state index contributed by atoms with van der Waals surface area (Å²) < 4.78 is 0. The van der Waals surface area contributed by atoms with E-state index >= 15 is 0 Å². The Balaban J connectivity index is 2.23. The lowest BCUT2D eigenvalue weighted by Crippen LogP contribution is -2.15. The van der Waals surface area contributed by atoms with E-state index in [0.717, 1.165) is 29.1 Å². The molecule has 1 aromatic heterocycles. The van der Waals surface area contributed by atoms with Gasteiger partial charge in [0.15, 0.2) is 0 Å². The summed E-state index contributed by atoms with van der Waals surface area (Å²) in [5.41, 5.74) is 3.49. The molecule has 2 N–H and O–H groups in total. The molecular weight excluding hydrogens is 168 g/mol. The highest BCUT2D eigenvalue weighted by Crippen LogP contribution is 2.29. The van der Waals surface area contributed by atoms with Crippen LogP contribution in [-0.4, -0.2) is 21.3 Å². The van der Waals surface area contributed by atoms with Gasteiger partial charge in [-0.05, 0) is 0 Å². The molecule has 0 bridgehead atoms. The van der Waals surface area contributed by atoms with E-state index in [4.69, 9.17) is 0 Å². The van der Waals surface area contributed by atoms with Crippen molar-refractivity contribution in [1.29, 1.82) is 0 Å². The topological polar surface area (TPSA) is 70.7 Å². The molecule has 2 aliphatic rings. The number of amides is 1. The van der Waals surface area contributed by atoms with Gasteiger partial charge >= 0.3 is 0 Å². The molecule has 5 heteroatoms. The van der Waals surface area contributed by atoms with Crippen molar-refractivity contribution in [2.45, 2.75) is 6.42 Å². The number of nitrogens with zero attached hydrogens (tertiary/aromatic N) is 2. The third kappa shape index (κ3) is 0.780. The summed E-state index contributed by atoms with van der Waals surface area (Å²) in [6, 6.07) is 0. The van der Waals surface area contributed by atoms with Gasteiger partial charge in [0.05, 0.1) is 11.4 Å². The number of hydrogen-bond acceptors (Lipinski definition) is 3. The summed E-state index contributed by atoms with van der Waals surface area (Å²) in [6.07, 6.45) is 4.23. The molecule has 0 atom stereocenters. The molecule has 1 aromatic rings. The first-order valence-corrected chi connectivity index (χ1v) is 3.98. The molecule has 1 amide bonds. The maximum atomic E-state index is 11.1. The standard InChI is InChI=1S/C8H6N4O/c13-7-3-4-5(9-7)1-2-6-8(4)11-12-10-6/h1,3H,2H2,(H,9,13)(H,10,11,12). The molecule has 0 saturated carbocycles. The van der Waals surface area contributed by atoms with Gasteiger partial charge in [-0.2, -0.15) is 0 Å². The van der Waals surface area contributed by atoms with Crippen molar-refractivity contribution in [2.75, 3.05) is 0 Å². The second-order valence-corrected chi connectivity index (χ2v) is 3.00. The molecule has 1 aliphatic heterocycles. The number of hydrogen-bond donors (Lipinski definition) is 2. The van der Waals surface area contributed by atoms with E-state index in [1.165, 1.54) is 0 Å². The van der Waals surface area contributed by atoms with Crippen molar-refractivity contribution >= 4 is 11.5 Å². The van der Waals surface area contributed by atoms with Gasteiger partial charge in [-0.1, -0.05) is 11.3 Å². The second-order valence-electron chi connectivity index (χ2n) is 3.00. The Morgan fingerprint density at radius 3 is 3.31 bits per heavy atom. The summed E-state index contributed by atoms with van der Waals surface area (Å²) in [7, 11) is 0. The molecular formula is C8H6N4O. The lowest BCUT2D eigenvalue weighted by Gasteiger charge is -2.09. The number of fused-ring (bicyclic) bond motifs is 3. The van der Waals surface area contributed by atoms with Crippen molar-refractivity contribution in [3.8, 4) is 0 Å². The number of nitrogens with one attached hydrogen (secondary N) is 2. The van der Waals surface area contributed by atoms with Gasteiger partial charge in [0.2, 0.25) is 5.91 Å². The zero-order valence-electron chi connectivity index (χ0n) is 6.66. The molecule has 0 spiro atoms. The molecule has 0 radical (unpaired) electrons. The van der Waals surface area contributed by atoms with Gasteiger partial charge in [0, 0.05) is 23.8 Å². The first-order valence-electron chi connectivity index (χ1n) is 3.98. The number of carbonyl (C=O) groups is 1. The van der Waals surface area contributed by atoms with Gasteiger partial charge in [-0.25, -0.2) is 0 Å². The lowest BCUT2D eigenvalue weighted by atomic mass is 10.0. The van der Waals surface area contributed by atoms with Crippen molar-refractivity contribution in [3.05, 3.63) is 29.2 Å². The van der Waals surface area contributed by atoms with E-state index in [0.29, 0.717) is 0 Å². The molecule has 3 rings (SSSR count). The van der Waals surface area contributed by atoms with Crippen molar-refractivity contribution in [2.24, 2.45) is 0 Å². The van der Waals surface area contributed by atoms with Crippen molar-refractivity contribution < 1.29 is 4.79 Å². The van der Waals surface area contributed by atoms with Crippen LogP contribution in [0.2, 0.25) is 0 Å². The van der Waals surface area contributed by atoms with Crippen LogP contribution in [0.5, 0.6) is 0 Å². The summed E-state index contributed by atoms with van der Waals surface area (Å²) in [5.74, 6) is -0.0799. The molecule has 0 unspecified atom stereocenters. The van der Waals surface area contributed by atoms with Crippen LogP contribution in [0, 0.1) is 0 Å². The van der Waals surface area contributed by atoms with Gasteiger partial charge in [0.1, 0.15) is 0 Å². The third-order valence-corrected chi connectivity index (χ3v) is 2.21. The molecule has 13 heavy (non-hydrogen) atoms. The van der Waals surface area contributed by atoms with E-state index in [1.54, 1.807) is 6.08 Å².